The van der Waals surface area contributed by atoms with E-state index in [0.717, 1.165) is 6.20 Å². The zero-order valence-corrected chi connectivity index (χ0v) is 6.50. The summed E-state index contributed by atoms with van der Waals surface area (Å²) in [6.45, 7) is 0. The van der Waals surface area contributed by atoms with Crippen LogP contribution < -0.4 is 10.6 Å². The van der Waals surface area contributed by atoms with E-state index in [1.807, 2.05) is 5.10 Å². The van der Waals surface area contributed by atoms with Gasteiger partial charge in [-0.2, -0.15) is 5.10 Å². The Morgan fingerprint density at radius 2 is 2.36 bits per heavy atom. The molecule has 0 amide bonds. The van der Waals surface area contributed by atoms with Gasteiger partial charge in [0.25, 0.3) is 0 Å². The van der Waals surface area contributed by atoms with Crippen LogP contribution in [-0.4, -0.2) is 25.4 Å². The predicted octanol–water partition coefficient (Wildman–Crippen LogP) is -1.73. The summed E-state index contributed by atoms with van der Waals surface area (Å²) < 4.78 is 4.44. The van der Waals surface area contributed by atoms with Gasteiger partial charge in [-0.1, -0.05) is 0 Å². The number of rotatable bonds is 2. The Balaban J connectivity index is 2.56. The van der Waals surface area contributed by atoms with Gasteiger partial charge in [0.15, 0.2) is 0 Å². The third kappa shape index (κ3) is 1.14. The molecule has 10 nitrogen and oxygen atoms in total. The van der Waals surface area contributed by atoms with Gasteiger partial charge in [-0.3, -0.25) is 10.1 Å². The van der Waals surface area contributed by atoms with Gasteiger partial charge in [-0.05, 0) is 0 Å². The molecule has 0 aliphatic heterocycles. The van der Waals surface area contributed by atoms with Gasteiger partial charge >= 0.3 is 17.3 Å². The second-order valence-corrected chi connectivity index (χ2v) is 2.22. The molecule has 10 heteroatoms. The monoisotopic (exact) mass is 199 g/mol. The van der Waals surface area contributed by atoms with Crippen molar-refractivity contribution in [1.29, 1.82) is 0 Å². The minimum atomic E-state index is -0.825. The highest BCUT2D eigenvalue weighted by Crippen LogP contribution is 2.12. The number of hydrogen-bond acceptors (Lipinski definition) is 6. The van der Waals surface area contributed by atoms with Crippen LogP contribution in [0.4, 0.5) is 5.69 Å². The topological polar surface area (TPSA) is 135 Å². The molecule has 14 heavy (non-hydrogen) atoms. The second-order valence-electron chi connectivity index (χ2n) is 2.22. The highest BCUT2D eigenvalue weighted by atomic mass is 16.6. The highest BCUT2D eigenvalue weighted by Gasteiger charge is 2.26. The molecule has 2 N–H and O–H groups in total. The molecule has 0 bridgehead atoms. The van der Waals surface area contributed by atoms with E-state index in [-0.39, 0.29) is 11.5 Å². The summed E-state index contributed by atoms with van der Waals surface area (Å²) in [5.74, 6) is -0.956. The summed E-state index contributed by atoms with van der Waals surface area (Å²) in [4.78, 5) is 21.0. The lowest BCUT2D eigenvalue weighted by molar-refractivity contribution is -0.839. The number of H-pyrrole nitrogens is 2. The summed E-state index contributed by atoms with van der Waals surface area (Å²) in [6, 6.07) is 0. The molecule has 2 heterocycles. The van der Waals surface area contributed by atoms with E-state index in [4.69, 9.17) is 0 Å². The van der Waals surface area contributed by atoms with Gasteiger partial charge in [0, 0.05) is 0 Å². The Morgan fingerprint density at radius 1 is 1.57 bits per heavy atom. The van der Waals surface area contributed by atoms with Gasteiger partial charge < -0.3 is 0 Å². The molecule has 0 saturated heterocycles. The average molecular weight is 199 g/mol. The number of nitrogens with zero attached hydrogens (tertiary/aromatic N) is 4. The first-order chi connectivity index (χ1) is 6.68. The summed E-state index contributed by atoms with van der Waals surface area (Å²) in [5, 5.41) is 21.4. The van der Waals surface area contributed by atoms with Crippen LogP contribution in [-0.2, 0) is 0 Å². The highest BCUT2D eigenvalue weighted by molar-refractivity contribution is 5.36. The normalized spacial score (nSPS) is 10.3. The lowest BCUT2D eigenvalue weighted by Crippen LogP contribution is -2.33. The van der Waals surface area contributed by atoms with Gasteiger partial charge in [-0.15, -0.1) is 10.2 Å². The molecule has 0 atom stereocenters. The zero-order valence-electron chi connectivity index (χ0n) is 6.50. The van der Waals surface area contributed by atoms with Gasteiger partial charge in [0.2, 0.25) is 0 Å². The molecule has 0 aromatic carbocycles. The molecule has 0 unspecified atom stereocenters. The van der Waals surface area contributed by atoms with Crippen LogP contribution in [0, 0.1) is 10.1 Å². The first kappa shape index (κ1) is 8.10. The lowest BCUT2D eigenvalue weighted by atomic mass is 10.5. The van der Waals surface area contributed by atoms with E-state index in [0.29, 0.717) is 4.85 Å². The van der Waals surface area contributed by atoms with Gasteiger partial charge in [-0.25, -0.2) is 9.32 Å². The average Bonchev–Trinajstić information content (AvgIpc) is 2.70. The van der Waals surface area contributed by atoms with Crippen molar-refractivity contribution in [3.8, 4) is 5.82 Å². The van der Waals surface area contributed by atoms with Crippen molar-refractivity contribution >= 4 is 5.69 Å². The Kier molecular flexibility index (Phi) is 1.59. The summed E-state index contributed by atoms with van der Waals surface area (Å²) >= 11 is 0. The molecule has 0 radical (unpaired) electrons. The third-order valence-electron chi connectivity index (χ3n) is 1.39. The Bertz CT molecular complexity index is 522. The molecule has 72 valence electrons. The molecular formula is C4H3N6O4+. The Labute approximate surface area is 74.3 Å². The van der Waals surface area contributed by atoms with Crippen molar-refractivity contribution in [3.05, 3.63) is 26.9 Å². The van der Waals surface area contributed by atoms with Crippen LogP contribution in [0.25, 0.3) is 5.82 Å². The SMILES string of the molecule is O=c1[nH]n[n+](-c2[nH]ncc2[N+](=O)[O-])o1. The molecule has 2 rings (SSSR count). The van der Waals surface area contributed by atoms with Crippen LogP contribution >= 0.6 is 0 Å². The quantitative estimate of drug-likeness (QED) is 0.335. The summed E-state index contributed by atoms with van der Waals surface area (Å²) in [6.07, 6.45) is 0.983. The van der Waals surface area contributed by atoms with Crippen molar-refractivity contribution in [3.63, 3.8) is 0 Å². The minimum Gasteiger partial charge on any atom is -0.258 e. The van der Waals surface area contributed by atoms with Crippen LogP contribution in [0.1, 0.15) is 0 Å². The van der Waals surface area contributed by atoms with E-state index in [2.05, 4.69) is 19.9 Å². The first-order valence-corrected chi connectivity index (χ1v) is 3.35. The number of nitrogens with one attached hydrogen (secondary N) is 2. The molecule has 0 aliphatic carbocycles. The van der Waals surface area contributed by atoms with E-state index in [1.54, 1.807) is 0 Å². The van der Waals surface area contributed by atoms with Crippen LogP contribution in [0.3, 0.4) is 0 Å². The maximum absolute atomic E-state index is 10.6. The van der Waals surface area contributed by atoms with Gasteiger partial charge in [0.1, 0.15) is 6.20 Å². The van der Waals surface area contributed by atoms with E-state index in [1.165, 1.54) is 0 Å². The largest absolute Gasteiger partial charge is 0.531 e. The second kappa shape index (κ2) is 2.76. The standard InChI is InChI=1S/C4H2N6O4/c11-4-7-8-9(14-4)3-2(10(12)13)1-5-6-3/h1H,(H,5,6)/p+1. The molecule has 0 saturated carbocycles. The predicted molar refractivity (Wildman–Crippen MR) is 37.5 cm³/mol. The fourth-order valence-electron chi connectivity index (χ4n) is 0.849. The molecule has 0 fully saturated rings. The fraction of sp³-hybridized carbons (Fsp3) is 0. The number of nitro groups is 1. The third-order valence-corrected chi connectivity index (χ3v) is 1.39. The minimum absolute atomic E-state index is 0.131. The molecule has 0 aliphatic rings. The maximum atomic E-state index is 10.6. The summed E-state index contributed by atoms with van der Waals surface area (Å²) in [5.41, 5.74) is -0.342. The van der Waals surface area contributed by atoms with Crippen molar-refractivity contribution < 1.29 is 14.3 Å². The molecule has 2 aromatic heterocycles. The van der Waals surface area contributed by atoms with Crippen LogP contribution in [0.5, 0.6) is 0 Å². The first-order valence-electron chi connectivity index (χ1n) is 3.35. The number of hydrogen-bond donors (Lipinski definition) is 2. The van der Waals surface area contributed by atoms with E-state index >= 15 is 0 Å². The van der Waals surface area contributed by atoms with Crippen molar-refractivity contribution in [1.82, 2.24) is 20.5 Å². The van der Waals surface area contributed by atoms with Crippen LogP contribution in [0.2, 0.25) is 0 Å². The smallest absolute Gasteiger partial charge is 0.258 e. The van der Waals surface area contributed by atoms with E-state index < -0.39 is 10.7 Å². The van der Waals surface area contributed by atoms with Crippen molar-refractivity contribution in [2.24, 2.45) is 0 Å². The van der Waals surface area contributed by atoms with E-state index in [9.17, 15) is 14.9 Å². The lowest BCUT2D eigenvalue weighted by Gasteiger charge is -1.83. The van der Waals surface area contributed by atoms with Crippen molar-refractivity contribution in [2.75, 3.05) is 0 Å². The van der Waals surface area contributed by atoms with Crippen LogP contribution in [0.15, 0.2) is 15.5 Å². The number of aromatic nitrogens is 5. The van der Waals surface area contributed by atoms with Crippen molar-refractivity contribution in [2.45, 2.75) is 0 Å². The fourth-order valence-corrected chi connectivity index (χ4v) is 0.849. The molecular weight excluding hydrogens is 196 g/mol. The van der Waals surface area contributed by atoms with Gasteiger partial charge in [0.05, 0.1) is 15.0 Å². The maximum Gasteiger partial charge on any atom is 0.531 e. The Hall–Kier alpha value is -2.52. The number of aromatic amines is 2. The summed E-state index contributed by atoms with van der Waals surface area (Å²) in [7, 11) is 0. The molecule has 0 spiro atoms. The Morgan fingerprint density at radius 3 is 2.93 bits per heavy atom. The zero-order chi connectivity index (χ0) is 10.1. The molecule has 2 aromatic rings.